The van der Waals surface area contributed by atoms with Gasteiger partial charge in [-0.25, -0.2) is 9.97 Å². The average Bonchev–Trinajstić information content (AvgIpc) is 3.31. The first-order valence-corrected chi connectivity index (χ1v) is 9.47. The minimum atomic E-state index is 0.0554. The number of hydrogen-bond donors (Lipinski definition) is 4. The maximum absolute atomic E-state index is 9.50. The van der Waals surface area contributed by atoms with Gasteiger partial charge in [0.25, 0.3) is 0 Å². The Hall–Kier alpha value is -3.49. The van der Waals surface area contributed by atoms with Gasteiger partial charge in [0.2, 0.25) is 5.95 Å². The topological polar surface area (TPSA) is 107 Å². The molecule has 1 aliphatic carbocycles. The molecule has 3 aromatic heterocycles. The Labute approximate surface area is 167 Å². The van der Waals surface area contributed by atoms with Crippen LogP contribution in [0, 0.1) is 0 Å². The van der Waals surface area contributed by atoms with Gasteiger partial charge in [-0.2, -0.15) is 10.1 Å². The second-order valence-corrected chi connectivity index (χ2v) is 6.92. The smallest absolute Gasteiger partial charge is 0.225 e. The number of rotatable bonds is 6. The van der Waals surface area contributed by atoms with Crippen LogP contribution in [0.15, 0.2) is 42.9 Å². The standard InChI is InChI=1S/C19H20N8.CH3F/c1-11(13-4-5-14-16(8-13)22-10-21-14)23-19-20-7-6-17(25-19)24-18-9-15(26-27-18)12-2-3-12;1-2/h4-12H,2-3H2,1H3,(H,21,22)(H3,20,23,24,25,26,27);1H3. The van der Waals surface area contributed by atoms with Crippen molar-refractivity contribution < 1.29 is 4.39 Å². The summed E-state index contributed by atoms with van der Waals surface area (Å²) in [6.45, 7) is 2.08. The first kappa shape index (κ1) is 18.9. The van der Waals surface area contributed by atoms with Gasteiger partial charge in [0.15, 0.2) is 5.82 Å². The number of aromatic nitrogens is 6. The number of imidazole rings is 1. The lowest BCUT2D eigenvalue weighted by molar-refractivity contribution is 0.636. The van der Waals surface area contributed by atoms with Gasteiger partial charge in [-0.1, -0.05) is 6.07 Å². The summed E-state index contributed by atoms with van der Waals surface area (Å²) in [6, 6.07) is 10.1. The van der Waals surface area contributed by atoms with Gasteiger partial charge < -0.3 is 15.6 Å². The number of benzene rings is 1. The largest absolute Gasteiger partial charge is 0.348 e. The third kappa shape index (κ3) is 4.34. The van der Waals surface area contributed by atoms with Gasteiger partial charge in [0.05, 0.1) is 30.6 Å². The highest BCUT2D eigenvalue weighted by Gasteiger charge is 2.25. The Balaban J connectivity index is 0.000000994. The van der Waals surface area contributed by atoms with Crippen LogP contribution in [0.3, 0.4) is 0 Å². The second-order valence-electron chi connectivity index (χ2n) is 6.92. The van der Waals surface area contributed by atoms with Gasteiger partial charge in [-0.05, 0) is 43.5 Å². The zero-order valence-corrected chi connectivity index (χ0v) is 16.3. The molecule has 0 aliphatic heterocycles. The molecule has 3 heterocycles. The third-order valence-corrected chi connectivity index (χ3v) is 4.82. The van der Waals surface area contributed by atoms with Gasteiger partial charge >= 0.3 is 0 Å². The van der Waals surface area contributed by atoms with Crippen molar-refractivity contribution in [2.24, 2.45) is 0 Å². The lowest BCUT2D eigenvalue weighted by atomic mass is 10.1. The number of H-pyrrole nitrogens is 2. The number of fused-ring (bicyclic) bond motifs is 1. The van der Waals surface area contributed by atoms with Crippen molar-refractivity contribution in [1.29, 1.82) is 0 Å². The van der Waals surface area contributed by atoms with E-state index in [2.05, 4.69) is 65.9 Å². The van der Waals surface area contributed by atoms with Crippen LogP contribution in [-0.4, -0.2) is 37.3 Å². The predicted molar refractivity (Wildman–Crippen MR) is 111 cm³/mol. The molecule has 0 spiro atoms. The maximum atomic E-state index is 9.50. The molecule has 4 N–H and O–H groups in total. The van der Waals surface area contributed by atoms with Crippen LogP contribution in [0.2, 0.25) is 0 Å². The monoisotopic (exact) mass is 394 g/mol. The Kier molecular flexibility index (Phi) is 5.37. The van der Waals surface area contributed by atoms with Crippen molar-refractivity contribution in [1.82, 2.24) is 30.1 Å². The van der Waals surface area contributed by atoms with Crippen LogP contribution in [-0.2, 0) is 0 Å². The van der Waals surface area contributed by atoms with E-state index in [9.17, 15) is 4.39 Å². The predicted octanol–water partition coefficient (Wildman–Crippen LogP) is 4.46. The fourth-order valence-electron chi connectivity index (χ4n) is 3.13. The Bertz CT molecular complexity index is 1080. The van der Waals surface area contributed by atoms with Crippen molar-refractivity contribution in [3.63, 3.8) is 0 Å². The molecule has 1 aromatic carbocycles. The number of nitrogens with one attached hydrogen (secondary N) is 4. The van der Waals surface area contributed by atoms with Crippen molar-refractivity contribution in [3.05, 3.63) is 54.1 Å². The van der Waals surface area contributed by atoms with Crippen LogP contribution in [0.25, 0.3) is 11.0 Å². The molecule has 0 bridgehead atoms. The molecule has 1 aliphatic rings. The van der Waals surface area contributed by atoms with Crippen molar-refractivity contribution >= 4 is 28.6 Å². The zero-order valence-electron chi connectivity index (χ0n) is 16.3. The molecule has 0 saturated heterocycles. The SMILES string of the molecule is CC(Nc1nccc(Nc2cc(C3CC3)[nH]n2)n1)c1ccc2nc[nH]c2c1.CF. The van der Waals surface area contributed by atoms with E-state index in [-0.39, 0.29) is 6.04 Å². The van der Waals surface area contributed by atoms with E-state index in [0.29, 0.717) is 24.9 Å². The molecule has 8 nitrogen and oxygen atoms in total. The summed E-state index contributed by atoms with van der Waals surface area (Å²) in [5, 5.41) is 14.0. The van der Waals surface area contributed by atoms with E-state index in [1.807, 2.05) is 12.1 Å². The Morgan fingerprint density at radius 3 is 2.79 bits per heavy atom. The van der Waals surface area contributed by atoms with Crippen LogP contribution in [0.4, 0.5) is 22.0 Å². The quantitative estimate of drug-likeness (QED) is 0.385. The molecule has 1 unspecified atom stereocenters. The Morgan fingerprint density at radius 2 is 1.97 bits per heavy atom. The molecule has 9 heteroatoms. The third-order valence-electron chi connectivity index (χ3n) is 4.82. The van der Waals surface area contributed by atoms with Gasteiger partial charge in [-0.3, -0.25) is 9.49 Å². The normalized spacial score (nSPS) is 14.2. The molecule has 1 fully saturated rings. The second kappa shape index (κ2) is 8.26. The lowest BCUT2D eigenvalue weighted by Gasteiger charge is -2.14. The van der Waals surface area contributed by atoms with Gasteiger partial charge in [0.1, 0.15) is 5.82 Å². The highest BCUT2D eigenvalue weighted by atomic mass is 19.1. The fourth-order valence-corrected chi connectivity index (χ4v) is 3.13. The highest BCUT2D eigenvalue weighted by Crippen LogP contribution is 2.39. The first-order chi connectivity index (χ1) is 14.2. The average molecular weight is 394 g/mol. The van der Waals surface area contributed by atoms with E-state index in [1.54, 1.807) is 12.5 Å². The molecule has 4 aromatic rings. The van der Waals surface area contributed by atoms with Crippen molar-refractivity contribution in [2.75, 3.05) is 17.8 Å². The van der Waals surface area contributed by atoms with E-state index < -0.39 is 0 Å². The van der Waals surface area contributed by atoms with Gasteiger partial charge in [0, 0.05) is 23.9 Å². The number of aromatic amines is 2. The fraction of sp³-hybridized carbons (Fsp3) is 0.300. The summed E-state index contributed by atoms with van der Waals surface area (Å²) in [4.78, 5) is 16.3. The minimum absolute atomic E-state index is 0.0554. The van der Waals surface area contributed by atoms with Crippen molar-refractivity contribution in [2.45, 2.75) is 31.7 Å². The molecular weight excluding hydrogens is 371 g/mol. The van der Waals surface area contributed by atoms with Crippen LogP contribution in [0.5, 0.6) is 0 Å². The maximum Gasteiger partial charge on any atom is 0.225 e. The van der Waals surface area contributed by atoms with Crippen molar-refractivity contribution in [3.8, 4) is 0 Å². The summed E-state index contributed by atoms with van der Waals surface area (Å²) < 4.78 is 9.50. The number of anilines is 3. The summed E-state index contributed by atoms with van der Waals surface area (Å²) >= 11 is 0. The molecule has 0 radical (unpaired) electrons. The number of nitrogens with zero attached hydrogens (tertiary/aromatic N) is 4. The van der Waals surface area contributed by atoms with E-state index in [4.69, 9.17) is 0 Å². The summed E-state index contributed by atoms with van der Waals surface area (Å²) in [5.41, 5.74) is 4.29. The highest BCUT2D eigenvalue weighted by molar-refractivity contribution is 5.75. The van der Waals surface area contributed by atoms with E-state index >= 15 is 0 Å². The molecule has 150 valence electrons. The number of halogens is 1. The van der Waals surface area contributed by atoms with E-state index in [0.717, 1.165) is 22.4 Å². The Morgan fingerprint density at radius 1 is 1.10 bits per heavy atom. The molecule has 0 amide bonds. The molecule has 1 saturated carbocycles. The zero-order chi connectivity index (χ0) is 20.2. The van der Waals surface area contributed by atoms with Gasteiger partial charge in [-0.15, -0.1) is 0 Å². The van der Waals surface area contributed by atoms with Crippen LogP contribution < -0.4 is 10.6 Å². The number of hydrogen-bond acceptors (Lipinski definition) is 6. The van der Waals surface area contributed by atoms with Crippen LogP contribution >= 0.6 is 0 Å². The minimum Gasteiger partial charge on any atom is -0.348 e. The van der Waals surface area contributed by atoms with E-state index in [1.165, 1.54) is 18.5 Å². The first-order valence-electron chi connectivity index (χ1n) is 9.47. The molecule has 5 rings (SSSR count). The lowest BCUT2D eigenvalue weighted by Crippen LogP contribution is -2.10. The number of alkyl halides is 1. The molecular formula is C20H23FN8. The summed E-state index contributed by atoms with van der Waals surface area (Å²) in [7, 11) is 0.500. The van der Waals surface area contributed by atoms with Crippen LogP contribution in [0.1, 0.15) is 43.0 Å². The molecule has 1 atom stereocenters. The summed E-state index contributed by atoms with van der Waals surface area (Å²) in [6.07, 6.45) is 5.92. The molecule has 29 heavy (non-hydrogen) atoms. The summed E-state index contributed by atoms with van der Waals surface area (Å²) in [5.74, 6) is 2.69.